The van der Waals surface area contributed by atoms with E-state index in [2.05, 4.69) is 50.0 Å². The van der Waals surface area contributed by atoms with Crippen LogP contribution in [0.3, 0.4) is 0 Å². The molecule has 0 unspecified atom stereocenters. The zero-order chi connectivity index (χ0) is 23.3. The van der Waals surface area contributed by atoms with Crippen LogP contribution < -0.4 is 11.2 Å². The Morgan fingerprint density at radius 2 is 1.67 bits per heavy atom. The van der Waals surface area contributed by atoms with Gasteiger partial charge >= 0.3 is 5.69 Å². The summed E-state index contributed by atoms with van der Waals surface area (Å²) in [5, 5.41) is 0. The van der Waals surface area contributed by atoms with Crippen LogP contribution in [0, 0.1) is 11.7 Å². The summed E-state index contributed by atoms with van der Waals surface area (Å²) in [6, 6.07) is 14.0. The predicted octanol–water partition coefficient (Wildman–Crippen LogP) is 4.24. The van der Waals surface area contributed by atoms with Crippen molar-refractivity contribution in [2.75, 3.05) is 0 Å². The number of aromatic nitrogens is 4. The molecule has 0 N–H and O–H groups in total. The average molecular weight is 447 g/mol. The number of nitrogens with zero attached hydrogens (tertiary/aromatic N) is 4. The molecule has 1 aliphatic carbocycles. The van der Waals surface area contributed by atoms with Crippen LogP contribution in [0.15, 0.2) is 64.4 Å². The molecule has 2 aromatic carbocycles. The first-order valence-corrected chi connectivity index (χ1v) is 11.3. The third-order valence-corrected chi connectivity index (χ3v) is 6.30. The van der Waals surface area contributed by atoms with Gasteiger partial charge in [-0.3, -0.25) is 9.36 Å². The number of halogens is 1. The van der Waals surface area contributed by atoms with Gasteiger partial charge in [0, 0.05) is 13.1 Å². The Morgan fingerprint density at radius 3 is 2.27 bits per heavy atom. The average Bonchev–Trinajstić information content (AvgIpc) is 3.51. The van der Waals surface area contributed by atoms with Crippen LogP contribution >= 0.6 is 0 Å². The van der Waals surface area contributed by atoms with Gasteiger partial charge in [-0.25, -0.2) is 18.7 Å². The van der Waals surface area contributed by atoms with Crippen LogP contribution in [0.2, 0.25) is 0 Å². The standard InChI is InChI=1S/C26H27FN4O2/c1-26(2,3)19-8-6-17(7-9-19)14-29-16-28-23-22(29)24(32)30(15-18-4-5-18)25(33)31(23)21-12-10-20(27)11-13-21/h6-13,16,18H,4-5,14-15H2,1-3H3. The van der Waals surface area contributed by atoms with E-state index in [9.17, 15) is 14.0 Å². The van der Waals surface area contributed by atoms with Crippen LogP contribution in [0.4, 0.5) is 4.39 Å². The van der Waals surface area contributed by atoms with Crippen molar-refractivity contribution in [2.24, 2.45) is 5.92 Å². The quantitative estimate of drug-likeness (QED) is 0.461. The van der Waals surface area contributed by atoms with Gasteiger partial charge in [0.1, 0.15) is 5.82 Å². The summed E-state index contributed by atoms with van der Waals surface area (Å²) in [4.78, 5) is 31.2. The number of hydrogen-bond donors (Lipinski definition) is 0. The van der Waals surface area contributed by atoms with E-state index in [0.717, 1.165) is 18.4 Å². The zero-order valence-electron chi connectivity index (χ0n) is 19.1. The fourth-order valence-electron chi connectivity index (χ4n) is 4.15. The minimum atomic E-state index is -0.439. The maximum absolute atomic E-state index is 13.5. The van der Waals surface area contributed by atoms with E-state index in [1.807, 2.05) is 0 Å². The molecule has 2 heterocycles. The summed E-state index contributed by atoms with van der Waals surface area (Å²) in [6.07, 6.45) is 3.63. The van der Waals surface area contributed by atoms with Gasteiger partial charge in [-0.15, -0.1) is 0 Å². The van der Waals surface area contributed by atoms with Crippen molar-refractivity contribution in [2.45, 2.75) is 52.1 Å². The molecule has 1 aliphatic rings. The molecule has 0 radical (unpaired) electrons. The van der Waals surface area contributed by atoms with Gasteiger partial charge in [0.05, 0.1) is 12.0 Å². The Kier molecular flexibility index (Phi) is 5.07. The highest BCUT2D eigenvalue weighted by molar-refractivity contribution is 5.72. The molecule has 2 aromatic heterocycles. The van der Waals surface area contributed by atoms with Crippen molar-refractivity contribution in [3.05, 3.63) is 92.6 Å². The molecule has 5 rings (SSSR count). The Bertz CT molecular complexity index is 1430. The second-order valence-corrected chi connectivity index (χ2v) is 9.95. The molecule has 0 bridgehead atoms. The van der Waals surface area contributed by atoms with Crippen LogP contribution in [-0.2, 0) is 18.5 Å². The highest BCUT2D eigenvalue weighted by Crippen LogP contribution is 2.30. The number of fused-ring (bicyclic) bond motifs is 1. The molecule has 170 valence electrons. The lowest BCUT2D eigenvalue weighted by Gasteiger charge is -2.19. The predicted molar refractivity (Wildman–Crippen MR) is 127 cm³/mol. The number of benzene rings is 2. The van der Waals surface area contributed by atoms with Gasteiger partial charge in [-0.2, -0.15) is 0 Å². The van der Waals surface area contributed by atoms with Crippen molar-refractivity contribution in [3.8, 4) is 5.69 Å². The topological polar surface area (TPSA) is 61.8 Å². The molecule has 6 nitrogen and oxygen atoms in total. The molecule has 0 saturated heterocycles. The fraction of sp³-hybridized carbons (Fsp3) is 0.346. The van der Waals surface area contributed by atoms with Crippen LogP contribution in [0.5, 0.6) is 0 Å². The minimum Gasteiger partial charge on any atom is -0.320 e. The van der Waals surface area contributed by atoms with E-state index in [0.29, 0.717) is 30.2 Å². The second kappa shape index (κ2) is 7.83. The van der Waals surface area contributed by atoms with Gasteiger partial charge in [0.15, 0.2) is 11.2 Å². The molecule has 1 saturated carbocycles. The highest BCUT2D eigenvalue weighted by Gasteiger charge is 2.26. The molecular formula is C26H27FN4O2. The highest BCUT2D eigenvalue weighted by atomic mass is 19.1. The Hall–Kier alpha value is -3.48. The molecule has 0 spiro atoms. The van der Waals surface area contributed by atoms with Gasteiger partial charge in [-0.1, -0.05) is 45.0 Å². The van der Waals surface area contributed by atoms with Crippen LogP contribution in [-0.4, -0.2) is 18.7 Å². The number of rotatable bonds is 5. The van der Waals surface area contributed by atoms with E-state index in [-0.39, 0.29) is 16.6 Å². The summed E-state index contributed by atoms with van der Waals surface area (Å²) < 4.78 is 18.0. The molecular weight excluding hydrogens is 419 g/mol. The van der Waals surface area contributed by atoms with Gasteiger partial charge in [0.2, 0.25) is 0 Å². The van der Waals surface area contributed by atoms with Crippen molar-refractivity contribution in [1.82, 2.24) is 18.7 Å². The van der Waals surface area contributed by atoms with Crippen molar-refractivity contribution in [3.63, 3.8) is 0 Å². The fourth-order valence-corrected chi connectivity index (χ4v) is 4.15. The first kappa shape index (κ1) is 21.4. The molecule has 0 amide bonds. The maximum atomic E-state index is 13.5. The van der Waals surface area contributed by atoms with E-state index in [4.69, 9.17) is 0 Å². The lowest BCUT2D eigenvalue weighted by Crippen LogP contribution is -2.40. The lowest BCUT2D eigenvalue weighted by atomic mass is 9.87. The molecule has 33 heavy (non-hydrogen) atoms. The summed E-state index contributed by atoms with van der Waals surface area (Å²) in [7, 11) is 0. The third kappa shape index (κ3) is 4.03. The Balaban J connectivity index is 1.65. The SMILES string of the molecule is CC(C)(C)c1ccc(Cn2cnc3c2c(=O)n(CC2CC2)c(=O)n3-c2ccc(F)cc2)cc1. The Labute approximate surface area is 190 Å². The maximum Gasteiger partial charge on any atom is 0.337 e. The van der Waals surface area contributed by atoms with E-state index >= 15 is 0 Å². The van der Waals surface area contributed by atoms with Crippen LogP contribution in [0.1, 0.15) is 44.7 Å². The molecule has 4 aromatic rings. The smallest absolute Gasteiger partial charge is 0.320 e. The summed E-state index contributed by atoms with van der Waals surface area (Å²) in [6.45, 7) is 7.36. The first-order valence-electron chi connectivity index (χ1n) is 11.3. The second-order valence-electron chi connectivity index (χ2n) is 9.95. The summed E-state index contributed by atoms with van der Waals surface area (Å²) in [5.74, 6) is -0.0468. The minimum absolute atomic E-state index is 0.0575. The van der Waals surface area contributed by atoms with Gasteiger partial charge in [-0.05, 0) is 59.6 Å². The van der Waals surface area contributed by atoms with Crippen molar-refractivity contribution in [1.29, 1.82) is 0 Å². The number of hydrogen-bond acceptors (Lipinski definition) is 3. The molecule has 1 fully saturated rings. The lowest BCUT2D eigenvalue weighted by molar-refractivity contribution is 0.567. The van der Waals surface area contributed by atoms with Crippen LogP contribution in [0.25, 0.3) is 16.9 Å². The van der Waals surface area contributed by atoms with Gasteiger partial charge < -0.3 is 4.57 Å². The zero-order valence-corrected chi connectivity index (χ0v) is 19.1. The van der Waals surface area contributed by atoms with Crippen molar-refractivity contribution < 1.29 is 4.39 Å². The molecule has 0 aliphatic heterocycles. The van der Waals surface area contributed by atoms with E-state index < -0.39 is 11.5 Å². The normalized spacial score (nSPS) is 14.2. The van der Waals surface area contributed by atoms with E-state index in [1.54, 1.807) is 10.9 Å². The summed E-state index contributed by atoms with van der Waals surface area (Å²) in [5.41, 5.74) is 2.70. The first-order chi connectivity index (χ1) is 15.7. The molecule has 7 heteroatoms. The van der Waals surface area contributed by atoms with E-state index in [1.165, 1.54) is 39.0 Å². The van der Waals surface area contributed by atoms with Gasteiger partial charge in [0.25, 0.3) is 5.56 Å². The van der Waals surface area contributed by atoms with Crippen molar-refractivity contribution >= 4 is 11.2 Å². The Morgan fingerprint density at radius 1 is 1.00 bits per heavy atom. The molecule has 0 atom stereocenters. The largest absolute Gasteiger partial charge is 0.337 e. The summed E-state index contributed by atoms with van der Waals surface area (Å²) >= 11 is 0. The monoisotopic (exact) mass is 446 g/mol. The third-order valence-electron chi connectivity index (χ3n) is 6.30. The number of imidazole rings is 1.